The van der Waals surface area contributed by atoms with Crippen LogP contribution < -0.4 is 20.9 Å². The van der Waals surface area contributed by atoms with Crippen LogP contribution in [0.5, 0.6) is 6.01 Å². The van der Waals surface area contributed by atoms with Gasteiger partial charge in [-0.3, -0.25) is 5.43 Å². The maximum Gasteiger partial charge on any atom is 0.323 e. The van der Waals surface area contributed by atoms with Gasteiger partial charge in [0.15, 0.2) is 0 Å². The molecule has 8 nitrogen and oxygen atoms in total. The molecule has 114 valence electrons. The molecule has 0 saturated heterocycles. The Balaban J connectivity index is 2.72. The van der Waals surface area contributed by atoms with Gasteiger partial charge in [0, 0.05) is 19.6 Å². The van der Waals surface area contributed by atoms with Crippen molar-refractivity contribution in [3.8, 4) is 6.01 Å². The standard InChI is InChI=1S/C12H25N7O/c1-5-19(6-2)11-14-10(17-13)15-12(16-11)20-9-7-8-18(3)4/h5-9,13H2,1-4H3,(H,14,15,16,17). The van der Waals surface area contributed by atoms with Gasteiger partial charge in [-0.25, -0.2) is 5.84 Å². The van der Waals surface area contributed by atoms with Crippen molar-refractivity contribution in [1.29, 1.82) is 0 Å². The maximum atomic E-state index is 5.57. The highest BCUT2D eigenvalue weighted by Crippen LogP contribution is 2.14. The van der Waals surface area contributed by atoms with Crippen molar-refractivity contribution in [2.45, 2.75) is 20.3 Å². The Morgan fingerprint density at radius 2 is 1.85 bits per heavy atom. The van der Waals surface area contributed by atoms with Crippen molar-refractivity contribution in [1.82, 2.24) is 19.9 Å². The quantitative estimate of drug-likeness (QED) is 0.380. The van der Waals surface area contributed by atoms with Gasteiger partial charge in [0.25, 0.3) is 0 Å². The first-order valence-corrected chi connectivity index (χ1v) is 6.85. The zero-order valence-corrected chi connectivity index (χ0v) is 12.8. The van der Waals surface area contributed by atoms with Gasteiger partial charge in [0.1, 0.15) is 0 Å². The third kappa shape index (κ3) is 5.14. The molecule has 0 unspecified atom stereocenters. The Morgan fingerprint density at radius 1 is 1.15 bits per heavy atom. The number of aromatic nitrogens is 3. The number of rotatable bonds is 9. The number of hydrazine groups is 1. The van der Waals surface area contributed by atoms with E-state index >= 15 is 0 Å². The van der Waals surface area contributed by atoms with Gasteiger partial charge in [-0.15, -0.1) is 0 Å². The number of anilines is 2. The zero-order valence-electron chi connectivity index (χ0n) is 12.8. The molecular formula is C12H25N7O. The van der Waals surface area contributed by atoms with Crippen LogP contribution in [0.2, 0.25) is 0 Å². The van der Waals surface area contributed by atoms with E-state index in [9.17, 15) is 0 Å². The number of nitrogens with zero attached hydrogens (tertiary/aromatic N) is 5. The van der Waals surface area contributed by atoms with Gasteiger partial charge >= 0.3 is 6.01 Å². The SMILES string of the molecule is CCN(CC)c1nc(NN)nc(OCCCN(C)C)n1. The smallest absolute Gasteiger partial charge is 0.323 e. The molecule has 0 radical (unpaired) electrons. The van der Waals surface area contributed by atoms with Crippen LogP contribution in [0.3, 0.4) is 0 Å². The molecule has 0 aliphatic heterocycles. The number of nitrogens with two attached hydrogens (primary N) is 1. The topological polar surface area (TPSA) is 92.4 Å². The van der Waals surface area contributed by atoms with E-state index in [4.69, 9.17) is 10.6 Å². The minimum atomic E-state index is 0.300. The molecule has 0 bridgehead atoms. The minimum Gasteiger partial charge on any atom is -0.463 e. The van der Waals surface area contributed by atoms with Crippen molar-refractivity contribution in [2.75, 3.05) is 50.7 Å². The number of ether oxygens (including phenoxy) is 1. The number of nitrogen functional groups attached to an aromatic ring is 1. The third-order valence-corrected chi connectivity index (χ3v) is 2.76. The van der Waals surface area contributed by atoms with Gasteiger partial charge in [0.05, 0.1) is 6.61 Å². The molecule has 0 aliphatic carbocycles. The van der Waals surface area contributed by atoms with E-state index in [-0.39, 0.29) is 0 Å². The molecule has 0 fully saturated rings. The van der Waals surface area contributed by atoms with Crippen LogP contribution in [0.15, 0.2) is 0 Å². The molecule has 0 spiro atoms. The molecule has 1 heterocycles. The molecule has 0 atom stereocenters. The fourth-order valence-corrected chi connectivity index (χ4v) is 1.67. The Kier molecular flexibility index (Phi) is 6.96. The van der Waals surface area contributed by atoms with Crippen molar-refractivity contribution in [3.05, 3.63) is 0 Å². The van der Waals surface area contributed by atoms with Crippen LogP contribution >= 0.6 is 0 Å². The molecule has 0 aliphatic rings. The first-order valence-electron chi connectivity index (χ1n) is 6.85. The number of nitrogens with one attached hydrogen (secondary N) is 1. The van der Waals surface area contributed by atoms with Gasteiger partial charge in [-0.05, 0) is 34.4 Å². The molecule has 8 heteroatoms. The second-order valence-electron chi connectivity index (χ2n) is 4.56. The third-order valence-electron chi connectivity index (χ3n) is 2.76. The van der Waals surface area contributed by atoms with E-state index in [0.29, 0.717) is 24.5 Å². The fraction of sp³-hybridized carbons (Fsp3) is 0.750. The summed E-state index contributed by atoms with van der Waals surface area (Å²) in [4.78, 5) is 16.8. The molecule has 1 aromatic heterocycles. The predicted octanol–water partition coefficient (Wildman–Crippen LogP) is 0.334. The summed E-state index contributed by atoms with van der Waals surface area (Å²) in [5.74, 6) is 6.26. The first kappa shape index (κ1) is 16.4. The summed E-state index contributed by atoms with van der Waals surface area (Å²) in [6, 6.07) is 0.300. The Hall–Kier alpha value is -1.67. The predicted molar refractivity (Wildman–Crippen MR) is 79.9 cm³/mol. The van der Waals surface area contributed by atoms with Gasteiger partial charge in [0.2, 0.25) is 11.9 Å². The summed E-state index contributed by atoms with van der Waals surface area (Å²) < 4.78 is 5.57. The van der Waals surface area contributed by atoms with E-state index < -0.39 is 0 Å². The largest absolute Gasteiger partial charge is 0.463 e. The lowest BCUT2D eigenvalue weighted by atomic mass is 10.4. The Morgan fingerprint density at radius 3 is 2.40 bits per heavy atom. The van der Waals surface area contributed by atoms with Crippen LogP contribution in [0.25, 0.3) is 0 Å². The lowest BCUT2D eigenvalue weighted by Gasteiger charge is -2.19. The van der Waals surface area contributed by atoms with Crippen LogP contribution in [0.1, 0.15) is 20.3 Å². The molecule has 0 aromatic carbocycles. The lowest BCUT2D eigenvalue weighted by molar-refractivity contribution is 0.263. The summed E-state index contributed by atoms with van der Waals surface area (Å²) in [5, 5.41) is 0. The number of hydrogen-bond acceptors (Lipinski definition) is 8. The highest BCUT2D eigenvalue weighted by atomic mass is 16.5. The first-order chi connectivity index (χ1) is 9.60. The number of hydrogen-bond donors (Lipinski definition) is 2. The van der Waals surface area contributed by atoms with Gasteiger partial charge < -0.3 is 14.5 Å². The summed E-state index contributed by atoms with van der Waals surface area (Å²) >= 11 is 0. The van der Waals surface area contributed by atoms with E-state index in [1.54, 1.807) is 0 Å². The molecule has 20 heavy (non-hydrogen) atoms. The molecule has 1 aromatic rings. The molecule has 0 amide bonds. The average molecular weight is 283 g/mol. The second-order valence-corrected chi connectivity index (χ2v) is 4.56. The molecular weight excluding hydrogens is 258 g/mol. The van der Waals surface area contributed by atoms with Crippen LogP contribution in [0, 0.1) is 0 Å². The lowest BCUT2D eigenvalue weighted by Crippen LogP contribution is -2.26. The van der Waals surface area contributed by atoms with Gasteiger partial charge in [-0.1, -0.05) is 0 Å². The minimum absolute atomic E-state index is 0.300. The maximum absolute atomic E-state index is 5.57. The zero-order chi connectivity index (χ0) is 15.0. The second kappa shape index (κ2) is 8.49. The summed E-state index contributed by atoms with van der Waals surface area (Å²) in [6.45, 7) is 7.22. The summed E-state index contributed by atoms with van der Waals surface area (Å²) in [5.41, 5.74) is 2.44. The normalized spacial score (nSPS) is 10.7. The van der Waals surface area contributed by atoms with Crippen LogP contribution in [-0.4, -0.2) is 60.2 Å². The Bertz CT molecular complexity index is 395. The highest BCUT2D eigenvalue weighted by molar-refractivity contribution is 5.37. The highest BCUT2D eigenvalue weighted by Gasteiger charge is 2.11. The van der Waals surface area contributed by atoms with Crippen molar-refractivity contribution in [2.24, 2.45) is 5.84 Å². The summed E-state index contributed by atoms with van der Waals surface area (Å²) in [7, 11) is 4.05. The van der Waals surface area contributed by atoms with E-state index in [0.717, 1.165) is 26.1 Å². The van der Waals surface area contributed by atoms with Crippen LogP contribution in [0.4, 0.5) is 11.9 Å². The average Bonchev–Trinajstić information content (AvgIpc) is 2.44. The molecule has 0 saturated carbocycles. The van der Waals surface area contributed by atoms with E-state index in [1.807, 2.05) is 32.8 Å². The monoisotopic (exact) mass is 283 g/mol. The van der Waals surface area contributed by atoms with Crippen LogP contribution in [-0.2, 0) is 0 Å². The fourth-order valence-electron chi connectivity index (χ4n) is 1.67. The Labute approximate surface area is 120 Å². The van der Waals surface area contributed by atoms with Gasteiger partial charge in [-0.2, -0.15) is 15.0 Å². The summed E-state index contributed by atoms with van der Waals surface area (Å²) in [6.07, 6.45) is 0.907. The van der Waals surface area contributed by atoms with Crippen molar-refractivity contribution in [3.63, 3.8) is 0 Å². The molecule has 3 N–H and O–H groups in total. The van der Waals surface area contributed by atoms with Crippen molar-refractivity contribution >= 4 is 11.9 Å². The van der Waals surface area contributed by atoms with Crippen molar-refractivity contribution < 1.29 is 4.74 Å². The van der Waals surface area contributed by atoms with E-state index in [2.05, 4.69) is 25.3 Å². The molecule has 1 rings (SSSR count). The van der Waals surface area contributed by atoms with E-state index in [1.165, 1.54) is 0 Å².